The SMILES string of the molecule is CCO[P+](=O)OCC.O=C1NC(=O)C(=O)N1. The Morgan fingerprint density at radius 3 is 1.56 bits per heavy atom. The lowest BCUT2D eigenvalue weighted by Crippen LogP contribution is -2.22. The van der Waals surface area contributed by atoms with Crippen molar-refractivity contribution >= 4 is 26.1 Å². The summed E-state index contributed by atoms with van der Waals surface area (Å²) >= 11 is 0. The maximum atomic E-state index is 10.3. The topological polar surface area (TPSA) is 111 Å². The van der Waals surface area contributed by atoms with E-state index in [1.807, 2.05) is 0 Å². The zero-order chi connectivity index (χ0) is 12.6. The number of carbonyl (C=O) groups excluding carboxylic acids is 3. The Morgan fingerprint density at radius 1 is 1.00 bits per heavy atom. The summed E-state index contributed by atoms with van der Waals surface area (Å²) in [5.74, 6) is -1.79. The van der Waals surface area contributed by atoms with Crippen molar-refractivity contribution in [3.63, 3.8) is 0 Å². The normalized spacial score (nSPS) is 13.8. The maximum absolute atomic E-state index is 10.3. The molecule has 1 heterocycles. The molecule has 0 aromatic heterocycles. The van der Waals surface area contributed by atoms with Crippen molar-refractivity contribution in [3.8, 4) is 0 Å². The molecular formula is C7H12N2O6P+. The van der Waals surface area contributed by atoms with Crippen molar-refractivity contribution in [1.29, 1.82) is 0 Å². The molecule has 0 aromatic rings. The first-order chi connectivity index (χ1) is 7.51. The number of urea groups is 1. The molecule has 9 heteroatoms. The van der Waals surface area contributed by atoms with Crippen LogP contribution in [0.4, 0.5) is 4.79 Å². The molecule has 0 aliphatic carbocycles. The molecule has 0 saturated carbocycles. The molecule has 16 heavy (non-hydrogen) atoms. The molecule has 2 N–H and O–H groups in total. The van der Waals surface area contributed by atoms with Crippen LogP contribution in [-0.4, -0.2) is 31.1 Å². The van der Waals surface area contributed by atoms with E-state index in [2.05, 4.69) is 9.05 Å². The first kappa shape index (κ1) is 14.6. The number of hydrogen-bond acceptors (Lipinski definition) is 6. The van der Waals surface area contributed by atoms with E-state index in [0.29, 0.717) is 13.2 Å². The molecule has 1 aliphatic heterocycles. The van der Waals surface area contributed by atoms with Crippen LogP contribution < -0.4 is 10.6 Å². The highest BCUT2D eigenvalue weighted by atomic mass is 31.1. The van der Waals surface area contributed by atoms with Crippen LogP contribution in [0.25, 0.3) is 0 Å². The van der Waals surface area contributed by atoms with Crippen LogP contribution in [0.2, 0.25) is 0 Å². The maximum Gasteiger partial charge on any atom is 0.697 e. The average molecular weight is 251 g/mol. The van der Waals surface area contributed by atoms with E-state index in [4.69, 9.17) is 0 Å². The third-order valence-electron chi connectivity index (χ3n) is 1.13. The molecule has 0 unspecified atom stereocenters. The second-order valence-corrected chi connectivity index (χ2v) is 3.26. The Balaban J connectivity index is 0.000000281. The summed E-state index contributed by atoms with van der Waals surface area (Å²) in [4.78, 5) is 30.1. The van der Waals surface area contributed by atoms with Crippen LogP contribution in [0.15, 0.2) is 0 Å². The van der Waals surface area contributed by atoms with Gasteiger partial charge in [-0.15, -0.1) is 9.05 Å². The first-order valence-corrected chi connectivity index (χ1v) is 5.50. The van der Waals surface area contributed by atoms with E-state index < -0.39 is 26.1 Å². The summed E-state index contributed by atoms with van der Waals surface area (Å²) in [5.41, 5.74) is 0. The fraction of sp³-hybridized carbons (Fsp3) is 0.571. The van der Waals surface area contributed by atoms with E-state index >= 15 is 0 Å². The van der Waals surface area contributed by atoms with Crippen LogP contribution in [0.5, 0.6) is 0 Å². The largest absolute Gasteiger partial charge is 0.697 e. The van der Waals surface area contributed by atoms with Crippen molar-refractivity contribution in [1.82, 2.24) is 10.6 Å². The van der Waals surface area contributed by atoms with Gasteiger partial charge in [0.1, 0.15) is 13.2 Å². The molecule has 0 aromatic carbocycles. The fourth-order valence-corrected chi connectivity index (χ4v) is 1.10. The van der Waals surface area contributed by atoms with Crippen molar-refractivity contribution in [2.24, 2.45) is 0 Å². The second kappa shape index (κ2) is 7.86. The number of carbonyl (C=O) groups is 3. The van der Waals surface area contributed by atoms with E-state index in [1.54, 1.807) is 24.5 Å². The number of hydrogen-bond donors (Lipinski definition) is 2. The summed E-state index contributed by atoms with van der Waals surface area (Å²) in [5, 5.41) is 3.46. The third kappa shape index (κ3) is 6.18. The van der Waals surface area contributed by atoms with E-state index in [-0.39, 0.29) is 0 Å². The Bertz CT molecular complexity index is 279. The standard InChI is InChI=1S/C4H10O3P.C3H2N2O3/c1-3-6-8(5)7-4-2;6-1-2(7)5-3(8)4-1/h3-4H2,1-2H3;(H2,4,5,6,7,8)/q+1;. The molecule has 0 radical (unpaired) electrons. The van der Waals surface area contributed by atoms with Crippen molar-refractivity contribution in [2.75, 3.05) is 13.2 Å². The zero-order valence-corrected chi connectivity index (χ0v) is 9.71. The van der Waals surface area contributed by atoms with Crippen LogP contribution in [0, 0.1) is 0 Å². The summed E-state index contributed by atoms with van der Waals surface area (Å²) < 4.78 is 19.5. The van der Waals surface area contributed by atoms with Gasteiger partial charge < -0.3 is 0 Å². The number of imide groups is 2. The van der Waals surface area contributed by atoms with Gasteiger partial charge >= 0.3 is 26.1 Å². The van der Waals surface area contributed by atoms with Gasteiger partial charge in [0.15, 0.2) is 0 Å². The van der Waals surface area contributed by atoms with E-state index in [1.165, 1.54) is 0 Å². The van der Waals surface area contributed by atoms with Gasteiger partial charge in [-0.05, 0) is 13.8 Å². The Hall–Kier alpha value is -1.37. The molecule has 0 spiro atoms. The van der Waals surface area contributed by atoms with Gasteiger partial charge in [0.25, 0.3) is 0 Å². The highest BCUT2D eigenvalue weighted by Crippen LogP contribution is 2.21. The predicted molar refractivity (Wildman–Crippen MR) is 52.5 cm³/mol. The van der Waals surface area contributed by atoms with Gasteiger partial charge in [0.2, 0.25) is 0 Å². The molecule has 0 atom stereocenters. The lowest BCUT2D eigenvalue weighted by Gasteiger charge is -1.78. The van der Waals surface area contributed by atoms with Gasteiger partial charge in [-0.3, -0.25) is 20.2 Å². The highest BCUT2D eigenvalue weighted by molar-refractivity contribution is 7.33. The molecule has 1 rings (SSSR count). The lowest BCUT2D eigenvalue weighted by molar-refractivity contribution is -0.135. The molecule has 90 valence electrons. The molecule has 8 nitrogen and oxygen atoms in total. The number of nitrogens with one attached hydrogen (secondary N) is 2. The predicted octanol–water partition coefficient (Wildman–Crippen LogP) is 0.0692. The summed E-state index contributed by atoms with van der Waals surface area (Å²) in [6.45, 7) is 4.42. The monoisotopic (exact) mass is 251 g/mol. The quantitative estimate of drug-likeness (QED) is 0.415. The van der Waals surface area contributed by atoms with Crippen LogP contribution in [0.1, 0.15) is 13.8 Å². The Labute approximate surface area is 92.6 Å². The molecule has 1 saturated heterocycles. The summed E-state index contributed by atoms with van der Waals surface area (Å²) in [6.07, 6.45) is 0. The minimum atomic E-state index is -1.83. The van der Waals surface area contributed by atoms with Crippen molar-refractivity contribution in [2.45, 2.75) is 13.8 Å². The third-order valence-corrected chi connectivity index (χ3v) is 2.07. The second-order valence-electron chi connectivity index (χ2n) is 2.30. The molecule has 4 amide bonds. The molecule has 1 aliphatic rings. The van der Waals surface area contributed by atoms with E-state index in [0.717, 1.165) is 0 Å². The average Bonchev–Trinajstić information content (AvgIpc) is 2.46. The smallest absolute Gasteiger partial charge is 0.269 e. The zero-order valence-electron chi connectivity index (χ0n) is 8.81. The van der Waals surface area contributed by atoms with Crippen LogP contribution >= 0.6 is 8.25 Å². The Morgan fingerprint density at radius 2 is 1.38 bits per heavy atom. The minimum absolute atomic E-state index is 0.440. The van der Waals surface area contributed by atoms with Gasteiger partial charge in [0, 0.05) is 4.57 Å². The summed E-state index contributed by atoms with van der Waals surface area (Å²) in [7, 11) is -1.83. The molecule has 1 fully saturated rings. The van der Waals surface area contributed by atoms with Gasteiger partial charge in [-0.25, -0.2) is 4.79 Å². The lowest BCUT2D eigenvalue weighted by atomic mass is 10.6. The van der Waals surface area contributed by atoms with Gasteiger partial charge in [-0.1, -0.05) is 0 Å². The molecular weight excluding hydrogens is 239 g/mol. The van der Waals surface area contributed by atoms with E-state index in [9.17, 15) is 18.9 Å². The molecule has 0 bridgehead atoms. The van der Waals surface area contributed by atoms with Crippen LogP contribution in [-0.2, 0) is 23.2 Å². The highest BCUT2D eigenvalue weighted by Gasteiger charge is 2.26. The van der Waals surface area contributed by atoms with Crippen LogP contribution in [0.3, 0.4) is 0 Å². The number of rotatable bonds is 4. The first-order valence-electron chi connectivity index (χ1n) is 4.40. The fourth-order valence-electron chi connectivity index (χ4n) is 0.599. The Kier molecular flexibility index (Phi) is 7.19. The van der Waals surface area contributed by atoms with Gasteiger partial charge in [-0.2, -0.15) is 0 Å². The minimum Gasteiger partial charge on any atom is -0.269 e. The van der Waals surface area contributed by atoms with Gasteiger partial charge in [0.05, 0.1) is 0 Å². The van der Waals surface area contributed by atoms with Crippen molar-refractivity contribution < 1.29 is 28.0 Å². The number of amides is 4. The van der Waals surface area contributed by atoms with Crippen molar-refractivity contribution in [3.05, 3.63) is 0 Å². The summed E-state index contributed by atoms with van der Waals surface area (Å²) in [6, 6.07) is -0.750.